The predicted octanol–water partition coefficient (Wildman–Crippen LogP) is 2.50. The molecule has 1 aromatic rings. The zero-order valence-corrected chi connectivity index (χ0v) is 18.8. The smallest absolute Gasteiger partial charge is 0.328 e. The Kier molecular flexibility index (Phi) is 11.4. The normalized spacial score (nSPS) is 17.6. The predicted molar refractivity (Wildman–Crippen MR) is 116 cm³/mol. The van der Waals surface area contributed by atoms with Gasteiger partial charge in [-0.3, -0.25) is 14.9 Å². The number of esters is 2. The lowest BCUT2D eigenvalue weighted by Gasteiger charge is -2.28. The van der Waals surface area contributed by atoms with Crippen LogP contribution in [0.5, 0.6) is 0 Å². The van der Waals surface area contributed by atoms with E-state index in [9.17, 15) is 14.4 Å². The van der Waals surface area contributed by atoms with Crippen molar-refractivity contribution in [2.75, 3.05) is 19.8 Å². The molecule has 0 bridgehead atoms. The van der Waals surface area contributed by atoms with Crippen LogP contribution in [0.15, 0.2) is 30.3 Å². The number of hydrogen-bond acceptors (Lipinski definition) is 6. The maximum atomic E-state index is 13.0. The lowest BCUT2D eigenvalue weighted by Crippen LogP contribution is -2.53. The van der Waals surface area contributed by atoms with Crippen molar-refractivity contribution in [1.82, 2.24) is 10.2 Å². The van der Waals surface area contributed by atoms with E-state index in [0.717, 1.165) is 12.0 Å². The number of ether oxygens (including phenoxy) is 2. The van der Waals surface area contributed by atoms with Gasteiger partial charge in [-0.2, -0.15) is 0 Å². The van der Waals surface area contributed by atoms with Crippen molar-refractivity contribution < 1.29 is 23.9 Å². The summed E-state index contributed by atoms with van der Waals surface area (Å²) in [5.41, 5.74) is 1.12. The first kappa shape index (κ1) is 25.9. The number of aryl methyl sites for hydroxylation is 1. The van der Waals surface area contributed by atoms with Gasteiger partial charge in [0, 0.05) is 6.54 Å². The maximum absolute atomic E-state index is 13.0. The van der Waals surface area contributed by atoms with E-state index >= 15 is 0 Å². The summed E-state index contributed by atoms with van der Waals surface area (Å²) >= 11 is 0. The number of carbonyl (C=O) groups is 3. The minimum Gasteiger partial charge on any atom is -0.465 e. The summed E-state index contributed by atoms with van der Waals surface area (Å²) in [5, 5.41) is 3.12. The second-order valence-corrected chi connectivity index (χ2v) is 7.16. The standard InChI is InChI=1S/C22H32N2O5.ClH/c1-4-28-21(26)18(14-13-17-10-7-6-8-11-17)23-16(3)20(25)24-15-9-12-19(24)22(27)29-5-2;/h6-8,10-11,16,18-19,23H,4-5,9,12-15H2,1-3H3;1H/t16-,18-,19-;/m0./s1. The molecule has 0 aliphatic carbocycles. The van der Waals surface area contributed by atoms with Crippen molar-refractivity contribution in [3.63, 3.8) is 0 Å². The summed E-state index contributed by atoms with van der Waals surface area (Å²) in [6, 6.07) is 8.11. The minimum absolute atomic E-state index is 0. The van der Waals surface area contributed by atoms with Crippen LogP contribution in [0.2, 0.25) is 0 Å². The summed E-state index contributed by atoms with van der Waals surface area (Å²) in [6.07, 6.45) is 2.57. The highest BCUT2D eigenvalue weighted by Gasteiger charge is 2.37. The van der Waals surface area contributed by atoms with E-state index in [0.29, 0.717) is 25.8 Å². The third kappa shape index (κ3) is 7.29. The van der Waals surface area contributed by atoms with Crippen LogP contribution in [0, 0.1) is 0 Å². The lowest BCUT2D eigenvalue weighted by atomic mass is 10.0. The van der Waals surface area contributed by atoms with E-state index in [1.807, 2.05) is 30.3 Å². The molecule has 168 valence electrons. The number of halogens is 1. The van der Waals surface area contributed by atoms with Gasteiger partial charge in [0.15, 0.2) is 0 Å². The molecule has 8 heteroatoms. The molecule has 1 saturated heterocycles. The summed E-state index contributed by atoms with van der Waals surface area (Å²) in [7, 11) is 0. The van der Waals surface area contributed by atoms with Gasteiger partial charge in [-0.05, 0) is 52.0 Å². The summed E-state index contributed by atoms with van der Waals surface area (Å²) in [6.45, 7) is 6.31. The molecule has 1 fully saturated rings. The number of nitrogens with one attached hydrogen (secondary N) is 1. The maximum Gasteiger partial charge on any atom is 0.328 e. The van der Waals surface area contributed by atoms with E-state index in [4.69, 9.17) is 9.47 Å². The molecule has 1 aliphatic heterocycles. The average Bonchev–Trinajstić information content (AvgIpc) is 3.21. The Labute approximate surface area is 184 Å². The van der Waals surface area contributed by atoms with Crippen molar-refractivity contribution in [2.24, 2.45) is 0 Å². The molecule has 0 radical (unpaired) electrons. The number of nitrogens with zero attached hydrogens (tertiary/aromatic N) is 1. The first-order chi connectivity index (χ1) is 14.0. The monoisotopic (exact) mass is 440 g/mol. The van der Waals surface area contributed by atoms with Crippen LogP contribution in [0.4, 0.5) is 0 Å². The van der Waals surface area contributed by atoms with Crippen LogP contribution in [0.3, 0.4) is 0 Å². The molecule has 0 aromatic heterocycles. The van der Waals surface area contributed by atoms with Crippen molar-refractivity contribution in [3.05, 3.63) is 35.9 Å². The van der Waals surface area contributed by atoms with Gasteiger partial charge in [0.25, 0.3) is 0 Å². The molecule has 1 aromatic carbocycles. The van der Waals surface area contributed by atoms with E-state index in [1.165, 1.54) is 0 Å². The fraction of sp³-hybridized carbons (Fsp3) is 0.591. The molecule has 2 rings (SSSR count). The molecule has 1 heterocycles. The number of amides is 1. The molecule has 7 nitrogen and oxygen atoms in total. The second-order valence-electron chi connectivity index (χ2n) is 7.16. The molecular weight excluding hydrogens is 408 g/mol. The summed E-state index contributed by atoms with van der Waals surface area (Å²) in [5.74, 6) is -0.933. The third-order valence-electron chi connectivity index (χ3n) is 5.05. The van der Waals surface area contributed by atoms with E-state index in [2.05, 4.69) is 5.32 Å². The number of likely N-dealkylation sites (tertiary alicyclic amines) is 1. The fourth-order valence-corrected chi connectivity index (χ4v) is 3.60. The number of rotatable bonds is 10. The quantitative estimate of drug-likeness (QED) is 0.563. The molecule has 30 heavy (non-hydrogen) atoms. The summed E-state index contributed by atoms with van der Waals surface area (Å²) in [4.78, 5) is 39.1. The Bertz CT molecular complexity index is 685. The zero-order chi connectivity index (χ0) is 21.2. The van der Waals surface area contributed by atoms with E-state index < -0.39 is 18.1 Å². The van der Waals surface area contributed by atoms with Gasteiger partial charge in [0.05, 0.1) is 19.3 Å². The zero-order valence-electron chi connectivity index (χ0n) is 18.0. The van der Waals surface area contributed by atoms with Gasteiger partial charge in [-0.15, -0.1) is 12.4 Å². The number of hydrogen-bond donors (Lipinski definition) is 1. The van der Waals surface area contributed by atoms with Crippen molar-refractivity contribution in [3.8, 4) is 0 Å². The molecule has 1 aliphatic rings. The number of benzene rings is 1. The van der Waals surface area contributed by atoms with Crippen LogP contribution in [0.1, 0.15) is 45.6 Å². The van der Waals surface area contributed by atoms with Crippen LogP contribution < -0.4 is 5.32 Å². The second kappa shape index (κ2) is 13.2. The molecule has 1 N–H and O–H groups in total. The van der Waals surface area contributed by atoms with Crippen LogP contribution in [-0.4, -0.2) is 60.6 Å². The lowest BCUT2D eigenvalue weighted by molar-refractivity contribution is -0.154. The highest BCUT2D eigenvalue weighted by Crippen LogP contribution is 2.20. The van der Waals surface area contributed by atoms with Crippen LogP contribution in [0.25, 0.3) is 0 Å². The average molecular weight is 441 g/mol. The highest BCUT2D eigenvalue weighted by molar-refractivity contribution is 5.88. The molecule has 3 atom stereocenters. The first-order valence-corrected chi connectivity index (χ1v) is 10.4. The van der Waals surface area contributed by atoms with Gasteiger partial charge in [0.1, 0.15) is 12.1 Å². The van der Waals surface area contributed by atoms with E-state index in [1.54, 1.807) is 25.7 Å². The Morgan fingerprint density at radius 1 is 1.13 bits per heavy atom. The molecule has 0 spiro atoms. The highest BCUT2D eigenvalue weighted by atomic mass is 35.5. The third-order valence-corrected chi connectivity index (χ3v) is 5.05. The van der Waals surface area contributed by atoms with Crippen molar-refractivity contribution >= 4 is 30.3 Å². The molecule has 0 unspecified atom stereocenters. The van der Waals surface area contributed by atoms with E-state index in [-0.39, 0.29) is 43.5 Å². The van der Waals surface area contributed by atoms with Gasteiger partial charge in [-0.1, -0.05) is 30.3 Å². The largest absolute Gasteiger partial charge is 0.465 e. The Morgan fingerprint density at radius 2 is 1.80 bits per heavy atom. The van der Waals surface area contributed by atoms with Crippen LogP contribution >= 0.6 is 12.4 Å². The topological polar surface area (TPSA) is 84.9 Å². The summed E-state index contributed by atoms with van der Waals surface area (Å²) < 4.78 is 10.3. The Hall–Kier alpha value is -2.12. The molecule has 0 saturated carbocycles. The SMILES string of the molecule is CCOC(=O)[C@H](CCc1ccccc1)N[C@@H](C)C(=O)N1CCC[C@H]1C(=O)OCC.Cl. The van der Waals surface area contributed by atoms with Gasteiger partial charge >= 0.3 is 11.9 Å². The minimum atomic E-state index is -0.616. The van der Waals surface area contributed by atoms with Crippen molar-refractivity contribution in [2.45, 2.75) is 64.6 Å². The number of carbonyl (C=O) groups excluding carboxylic acids is 3. The molecule has 1 amide bonds. The van der Waals surface area contributed by atoms with Gasteiger partial charge in [-0.25, -0.2) is 4.79 Å². The first-order valence-electron chi connectivity index (χ1n) is 10.4. The van der Waals surface area contributed by atoms with Crippen molar-refractivity contribution in [1.29, 1.82) is 0 Å². The van der Waals surface area contributed by atoms with Gasteiger partial charge in [0.2, 0.25) is 5.91 Å². The molecular formula is C22H33ClN2O5. The van der Waals surface area contributed by atoms with Crippen LogP contribution in [-0.2, 0) is 30.3 Å². The Balaban J connectivity index is 0.00000450. The Morgan fingerprint density at radius 3 is 2.43 bits per heavy atom. The fourth-order valence-electron chi connectivity index (χ4n) is 3.60. The van der Waals surface area contributed by atoms with Gasteiger partial charge < -0.3 is 14.4 Å².